The molecule has 0 unspecified atom stereocenters. The highest BCUT2D eigenvalue weighted by molar-refractivity contribution is 6.02. The van der Waals surface area contributed by atoms with Gasteiger partial charge in [0.05, 0.1) is 27.6 Å². The fraction of sp³-hybridized carbons (Fsp3) is 0.292. The number of carbonyl (C=O) groups is 1. The number of benzene rings is 2. The first kappa shape index (κ1) is 21.3. The largest absolute Gasteiger partial charge is 0.497 e. The predicted octanol–water partition coefficient (Wildman–Crippen LogP) is 4.93. The van der Waals surface area contributed by atoms with Gasteiger partial charge in [-0.05, 0) is 43.7 Å². The van der Waals surface area contributed by atoms with Gasteiger partial charge in [0.25, 0.3) is 0 Å². The molecule has 0 aliphatic heterocycles. The minimum Gasteiger partial charge on any atom is -0.497 e. The van der Waals surface area contributed by atoms with Crippen molar-refractivity contribution in [3.05, 3.63) is 47.7 Å². The van der Waals surface area contributed by atoms with Crippen LogP contribution in [0.1, 0.15) is 18.1 Å². The van der Waals surface area contributed by atoms with E-state index < -0.39 is 0 Å². The summed E-state index contributed by atoms with van der Waals surface area (Å²) in [6.45, 7) is 3.85. The van der Waals surface area contributed by atoms with E-state index in [0.717, 1.165) is 44.5 Å². The van der Waals surface area contributed by atoms with E-state index in [-0.39, 0.29) is 5.91 Å². The predicted molar refractivity (Wildman–Crippen MR) is 118 cm³/mol. The number of hydrogen-bond donors (Lipinski definition) is 0. The van der Waals surface area contributed by atoms with Gasteiger partial charge in [0.15, 0.2) is 0 Å². The number of aryl methyl sites for hydroxylation is 1. The number of hydrogen-bond acceptors (Lipinski definition) is 5. The number of furan rings is 1. The van der Waals surface area contributed by atoms with Crippen LogP contribution >= 0.6 is 0 Å². The van der Waals surface area contributed by atoms with Crippen molar-refractivity contribution in [3.63, 3.8) is 0 Å². The Morgan fingerprint density at radius 1 is 1.03 bits per heavy atom. The van der Waals surface area contributed by atoms with Gasteiger partial charge in [0.2, 0.25) is 5.91 Å². The highest BCUT2D eigenvalue weighted by Crippen LogP contribution is 2.43. The zero-order valence-electron chi connectivity index (χ0n) is 18.5. The van der Waals surface area contributed by atoms with E-state index in [1.54, 1.807) is 47.8 Å². The number of likely N-dealkylation sites (N-methyl/N-ethyl adjacent to an activating group) is 1. The molecule has 0 N–H and O–H groups in total. The molecule has 30 heavy (non-hydrogen) atoms. The van der Waals surface area contributed by atoms with Gasteiger partial charge in [0.1, 0.15) is 22.8 Å². The van der Waals surface area contributed by atoms with Crippen LogP contribution in [-0.2, 0) is 4.79 Å². The first-order chi connectivity index (χ1) is 14.3. The molecule has 6 heteroatoms. The first-order valence-corrected chi connectivity index (χ1v) is 9.53. The Kier molecular flexibility index (Phi) is 6.06. The second kappa shape index (κ2) is 8.53. The summed E-state index contributed by atoms with van der Waals surface area (Å²) in [6, 6.07) is 7.63. The third-order valence-electron chi connectivity index (χ3n) is 5.15. The molecular weight excluding hydrogens is 382 g/mol. The molecule has 0 bridgehead atoms. The average Bonchev–Trinajstić information content (AvgIpc) is 3.17. The summed E-state index contributed by atoms with van der Waals surface area (Å²) in [5.41, 5.74) is 4.96. The van der Waals surface area contributed by atoms with Crippen LogP contribution in [0, 0.1) is 6.92 Å². The van der Waals surface area contributed by atoms with Crippen LogP contribution < -0.4 is 14.2 Å². The number of ether oxygens (including phenoxy) is 3. The SMILES string of the molecule is COc1ccc(OC)c(-c2coc3c(C)c(OC)c(/C(C)=C/C(=O)N(C)C)cc23)c1. The summed E-state index contributed by atoms with van der Waals surface area (Å²) in [7, 11) is 8.32. The maximum atomic E-state index is 12.2. The van der Waals surface area contributed by atoms with E-state index in [4.69, 9.17) is 18.6 Å². The molecule has 1 amide bonds. The Labute approximate surface area is 176 Å². The van der Waals surface area contributed by atoms with Crippen LogP contribution in [0.3, 0.4) is 0 Å². The van der Waals surface area contributed by atoms with E-state index >= 15 is 0 Å². The fourth-order valence-corrected chi connectivity index (χ4v) is 3.50. The van der Waals surface area contributed by atoms with E-state index in [2.05, 4.69) is 0 Å². The van der Waals surface area contributed by atoms with Crippen LogP contribution in [0.2, 0.25) is 0 Å². The molecule has 0 spiro atoms. The molecule has 0 radical (unpaired) electrons. The lowest BCUT2D eigenvalue weighted by Gasteiger charge is -2.15. The lowest BCUT2D eigenvalue weighted by molar-refractivity contribution is -0.123. The zero-order chi connectivity index (χ0) is 22.0. The Bertz CT molecular complexity index is 1120. The second-order valence-electron chi connectivity index (χ2n) is 7.23. The normalized spacial score (nSPS) is 11.5. The number of allylic oxidation sites excluding steroid dienone is 1. The van der Waals surface area contributed by atoms with Crippen molar-refractivity contribution in [1.82, 2.24) is 4.90 Å². The van der Waals surface area contributed by atoms with Gasteiger partial charge in [-0.2, -0.15) is 0 Å². The molecule has 0 atom stereocenters. The Balaban J connectivity index is 2.29. The molecule has 0 fully saturated rings. The van der Waals surface area contributed by atoms with Crippen molar-refractivity contribution in [2.75, 3.05) is 35.4 Å². The maximum Gasteiger partial charge on any atom is 0.246 e. The standard InChI is InChI=1S/C24H27NO5/c1-14(10-22(26)25(3)4)17-12-19-20(13-30-24(19)15(2)23(17)29-7)18-11-16(27-5)8-9-21(18)28-6/h8-13H,1-7H3/b14-10+. The van der Waals surface area contributed by atoms with Crippen LogP contribution in [0.4, 0.5) is 0 Å². The zero-order valence-corrected chi connectivity index (χ0v) is 18.5. The van der Waals surface area contributed by atoms with Gasteiger partial charge in [-0.1, -0.05) is 0 Å². The van der Waals surface area contributed by atoms with Crippen molar-refractivity contribution < 1.29 is 23.4 Å². The van der Waals surface area contributed by atoms with Gasteiger partial charge in [-0.15, -0.1) is 0 Å². The second-order valence-corrected chi connectivity index (χ2v) is 7.23. The van der Waals surface area contributed by atoms with Gasteiger partial charge in [0, 0.05) is 47.8 Å². The Hall–Kier alpha value is -3.41. The van der Waals surface area contributed by atoms with E-state index in [9.17, 15) is 4.79 Å². The van der Waals surface area contributed by atoms with Crippen molar-refractivity contribution in [2.45, 2.75) is 13.8 Å². The molecule has 6 nitrogen and oxygen atoms in total. The number of fused-ring (bicyclic) bond motifs is 1. The summed E-state index contributed by atoms with van der Waals surface area (Å²) >= 11 is 0. The number of nitrogens with zero attached hydrogens (tertiary/aromatic N) is 1. The quantitative estimate of drug-likeness (QED) is 0.541. The molecule has 0 saturated carbocycles. The van der Waals surface area contributed by atoms with Crippen LogP contribution in [0.15, 0.2) is 41.0 Å². The van der Waals surface area contributed by atoms with E-state index in [1.807, 2.05) is 38.1 Å². The summed E-state index contributed by atoms with van der Waals surface area (Å²) < 4.78 is 22.6. The smallest absolute Gasteiger partial charge is 0.246 e. The molecule has 2 aromatic carbocycles. The van der Waals surface area contributed by atoms with Crippen molar-refractivity contribution in [1.29, 1.82) is 0 Å². The minimum absolute atomic E-state index is 0.0887. The number of amides is 1. The van der Waals surface area contributed by atoms with Gasteiger partial charge in [-0.25, -0.2) is 0 Å². The van der Waals surface area contributed by atoms with Gasteiger partial charge < -0.3 is 23.5 Å². The number of rotatable bonds is 6. The van der Waals surface area contributed by atoms with Crippen LogP contribution in [-0.4, -0.2) is 46.2 Å². The molecule has 3 aromatic rings. The highest BCUT2D eigenvalue weighted by Gasteiger charge is 2.20. The molecule has 0 saturated heterocycles. The highest BCUT2D eigenvalue weighted by atomic mass is 16.5. The molecular formula is C24H27NO5. The third kappa shape index (κ3) is 3.73. The molecule has 3 rings (SSSR count). The summed E-state index contributed by atoms with van der Waals surface area (Å²) in [6.07, 6.45) is 3.32. The fourth-order valence-electron chi connectivity index (χ4n) is 3.50. The molecule has 0 aliphatic carbocycles. The van der Waals surface area contributed by atoms with Crippen molar-refractivity contribution in [2.24, 2.45) is 0 Å². The Morgan fingerprint density at radius 2 is 1.77 bits per heavy atom. The van der Waals surface area contributed by atoms with E-state index in [1.165, 1.54) is 4.90 Å². The first-order valence-electron chi connectivity index (χ1n) is 9.53. The van der Waals surface area contributed by atoms with E-state index in [0.29, 0.717) is 11.5 Å². The summed E-state index contributed by atoms with van der Waals surface area (Å²) in [5.74, 6) is 2.03. The van der Waals surface area contributed by atoms with Crippen LogP contribution in [0.25, 0.3) is 27.7 Å². The molecule has 0 aliphatic rings. The molecule has 1 heterocycles. The lowest BCUT2D eigenvalue weighted by Crippen LogP contribution is -2.19. The summed E-state index contributed by atoms with van der Waals surface area (Å²) in [5, 5.41) is 0.903. The lowest BCUT2D eigenvalue weighted by atomic mass is 9.96. The average molecular weight is 409 g/mol. The maximum absolute atomic E-state index is 12.2. The van der Waals surface area contributed by atoms with Crippen LogP contribution in [0.5, 0.6) is 17.2 Å². The van der Waals surface area contributed by atoms with Gasteiger partial charge in [-0.3, -0.25) is 4.79 Å². The molecule has 1 aromatic heterocycles. The number of methoxy groups -OCH3 is 3. The monoisotopic (exact) mass is 409 g/mol. The van der Waals surface area contributed by atoms with Crippen molar-refractivity contribution >= 4 is 22.4 Å². The minimum atomic E-state index is -0.0887. The topological polar surface area (TPSA) is 61.1 Å². The van der Waals surface area contributed by atoms with Gasteiger partial charge >= 0.3 is 0 Å². The molecule has 158 valence electrons. The third-order valence-corrected chi connectivity index (χ3v) is 5.15. The Morgan fingerprint density at radius 3 is 2.37 bits per heavy atom. The summed E-state index contributed by atoms with van der Waals surface area (Å²) in [4.78, 5) is 13.8. The number of carbonyl (C=O) groups excluding carboxylic acids is 1. The van der Waals surface area contributed by atoms with Crippen molar-refractivity contribution in [3.8, 4) is 28.4 Å².